The second-order valence-corrected chi connectivity index (χ2v) is 14.3. The summed E-state index contributed by atoms with van der Waals surface area (Å²) in [6, 6.07) is 17.8. The predicted octanol–water partition coefficient (Wildman–Crippen LogP) is 6.13. The summed E-state index contributed by atoms with van der Waals surface area (Å²) in [5.41, 5.74) is -0.226. The average molecular weight is 836 g/mol. The molecule has 0 bridgehead atoms. The number of H-pyrrole nitrogens is 1. The van der Waals surface area contributed by atoms with E-state index in [0.717, 1.165) is 19.3 Å². The van der Waals surface area contributed by atoms with Crippen molar-refractivity contribution in [1.82, 2.24) is 30.6 Å². The summed E-state index contributed by atoms with van der Waals surface area (Å²) in [6.07, 6.45) is -2.29. The summed E-state index contributed by atoms with van der Waals surface area (Å²) in [4.78, 5) is 52.4. The monoisotopic (exact) mass is 835 g/mol. The van der Waals surface area contributed by atoms with Gasteiger partial charge in [0.25, 0.3) is 17.2 Å². The molecule has 0 unspecified atom stereocenters. The number of nitrogens with one attached hydrogen (secondary N) is 3. The number of halogens is 5. The third kappa shape index (κ3) is 11.1. The number of rotatable bonds is 17. The van der Waals surface area contributed by atoms with E-state index in [1.807, 2.05) is 0 Å². The number of benzene rings is 4. The molecule has 4 aromatic carbocycles. The van der Waals surface area contributed by atoms with E-state index in [-0.39, 0.29) is 73.2 Å². The van der Waals surface area contributed by atoms with E-state index >= 15 is 0 Å². The molecule has 1 aliphatic heterocycles. The van der Waals surface area contributed by atoms with E-state index in [1.165, 1.54) is 41.3 Å². The molecule has 2 heterocycles. The number of aromatic amines is 1. The Morgan fingerprint density at radius 2 is 1.52 bits per heavy atom. The Bertz CT molecular complexity index is 2400. The second kappa shape index (κ2) is 19.7. The van der Waals surface area contributed by atoms with Gasteiger partial charge < -0.3 is 25.2 Å². The van der Waals surface area contributed by atoms with E-state index in [0.29, 0.717) is 65.9 Å². The van der Waals surface area contributed by atoms with Crippen molar-refractivity contribution < 1.29 is 41.2 Å². The molecule has 6 rings (SSSR count). The Morgan fingerprint density at radius 1 is 0.833 bits per heavy atom. The highest BCUT2D eigenvalue weighted by atomic mass is 19.4. The number of alkyl halides is 3. The summed E-state index contributed by atoms with van der Waals surface area (Å²) in [7, 11) is 0. The van der Waals surface area contributed by atoms with E-state index in [9.17, 15) is 46.5 Å². The molecule has 2 amide bonds. The number of aromatic nitrogens is 2. The topological polar surface area (TPSA) is 163 Å². The number of fused-ring (bicyclic) bond motifs is 1. The Balaban J connectivity index is 0.887. The standard InChI is InChI=1S/C42H42F5N7O6/c43-35-11-8-27(22-37-31-6-2-3-7-32(31)40(56)51-50-37)20-33(35)41(57)53-18-16-52(17-19-53)39(55)25-49-15-5-1-4-14-48-24-29-23-30(54(58)59)10-13-38(29)60-26-28-9-12-36(44)34(21-28)42(45,46)47/h2-3,6-13,20-21,23,48-49H,1,4-5,14-19,22,24-26H2,(H,51,56). The van der Waals surface area contributed by atoms with E-state index in [2.05, 4.69) is 20.8 Å². The van der Waals surface area contributed by atoms with Crippen LogP contribution in [0.3, 0.4) is 0 Å². The molecule has 1 aliphatic rings. The van der Waals surface area contributed by atoms with Crippen LogP contribution >= 0.6 is 0 Å². The highest BCUT2D eigenvalue weighted by Gasteiger charge is 2.34. The van der Waals surface area contributed by atoms with Crippen LogP contribution in [0.1, 0.15) is 57.6 Å². The highest BCUT2D eigenvalue weighted by Crippen LogP contribution is 2.32. The summed E-state index contributed by atoms with van der Waals surface area (Å²) >= 11 is 0. The smallest absolute Gasteiger partial charge is 0.419 e. The number of nitro benzene ring substituents is 1. The molecule has 18 heteroatoms. The second-order valence-electron chi connectivity index (χ2n) is 14.3. The van der Waals surface area contributed by atoms with Crippen molar-refractivity contribution in [3.05, 3.63) is 144 Å². The first-order chi connectivity index (χ1) is 28.8. The molecule has 316 valence electrons. The Kier molecular flexibility index (Phi) is 14.2. The maximum atomic E-state index is 14.9. The molecule has 3 N–H and O–H groups in total. The van der Waals surface area contributed by atoms with Crippen molar-refractivity contribution in [2.45, 2.75) is 45.0 Å². The van der Waals surface area contributed by atoms with Gasteiger partial charge in [0.1, 0.15) is 24.0 Å². The number of piperazine rings is 1. The molecule has 5 aromatic rings. The highest BCUT2D eigenvalue weighted by molar-refractivity contribution is 5.95. The van der Waals surface area contributed by atoms with Gasteiger partial charge in [-0.2, -0.15) is 18.3 Å². The van der Waals surface area contributed by atoms with Crippen LogP contribution in [0, 0.1) is 21.7 Å². The van der Waals surface area contributed by atoms with Crippen LogP contribution in [0.2, 0.25) is 0 Å². The number of nitrogens with zero attached hydrogens (tertiary/aromatic N) is 4. The zero-order chi connectivity index (χ0) is 42.8. The van der Waals surface area contributed by atoms with Crippen LogP contribution in [0.5, 0.6) is 5.75 Å². The van der Waals surface area contributed by atoms with Crippen LogP contribution in [-0.2, 0) is 30.5 Å². The third-order valence-electron chi connectivity index (χ3n) is 10.1. The number of amides is 2. The molecular formula is C42H42F5N7O6. The van der Waals surface area contributed by atoms with E-state index in [4.69, 9.17) is 4.74 Å². The molecule has 1 aromatic heterocycles. The number of nitro groups is 1. The summed E-state index contributed by atoms with van der Waals surface area (Å²) < 4.78 is 73.7. The number of non-ortho nitro benzene ring substituents is 1. The van der Waals surface area contributed by atoms with Gasteiger partial charge in [-0.1, -0.05) is 36.8 Å². The van der Waals surface area contributed by atoms with Gasteiger partial charge in [0.05, 0.1) is 33.7 Å². The molecular weight excluding hydrogens is 793 g/mol. The van der Waals surface area contributed by atoms with Gasteiger partial charge in [0, 0.05) is 62.2 Å². The number of hydrogen-bond acceptors (Lipinski definition) is 9. The van der Waals surface area contributed by atoms with Gasteiger partial charge in [-0.25, -0.2) is 13.9 Å². The number of carbonyl (C=O) groups excluding carboxylic acids is 2. The summed E-state index contributed by atoms with van der Waals surface area (Å²) in [6.45, 7) is 2.21. The third-order valence-corrected chi connectivity index (χ3v) is 10.1. The molecule has 60 heavy (non-hydrogen) atoms. The molecule has 1 fully saturated rings. The fraction of sp³-hybridized carbons (Fsp3) is 0.333. The first-order valence-electron chi connectivity index (χ1n) is 19.3. The van der Waals surface area contributed by atoms with Crippen LogP contribution in [0.4, 0.5) is 27.6 Å². The van der Waals surface area contributed by atoms with Crippen molar-refractivity contribution in [3.63, 3.8) is 0 Å². The fourth-order valence-electron chi connectivity index (χ4n) is 6.88. The van der Waals surface area contributed by atoms with E-state index < -0.39 is 34.2 Å². The summed E-state index contributed by atoms with van der Waals surface area (Å²) in [5.74, 6) is -2.41. The lowest BCUT2D eigenvalue weighted by molar-refractivity contribution is -0.384. The van der Waals surface area contributed by atoms with Crippen LogP contribution in [-0.4, -0.2) is 82.5 Å². The Morgan fingerprint density at radius 3 is 2.25 bits per heavy atom. The molecule has 0 aliphatic carbocycles. The minimum absolute atomic E-state index is 0.0761. The predicted molar refractivity (Wildman–Crippen MR) is 211 cm³/mol. The number of carbonyl (C=O) groups is 2. The van der Waals surface area contributed by atoms with Crippen molar-refractivity contribution in [2.75, 3.05) is 45.8 Å². The van der Waals surface area contributed by atoms with Crippen molar-refractivity contribution >= 4 is 28.3 Å². The van der Waals surface area contributed by atoms with Crippen LogP contribution in [0.25, 0.3) is 10.8 Å². The number of hydrogen-bond donors (Lipinski definition) is 3. The van der Waals surface area contributed by atoms with Gasteiger partial charge in [0.15, 0.2) is 0 Å². The van der Waals surface area contributed by atoms with Gasteiger partial charge in [0.2, 0.25) is 5.91 Å². The SMILES string of the molecule is O=C(CNCCCCCNCc1cc([N+](=O)[O-])ccc1OCc1ccc(F)c(C(F)(F)F)c1)N1CCN(C(=O)c2cc(Cc3n[nH]c(=O)c4ccccc34)ccc2F)CC1. The van der Waals surface area contributed by atoms with Crippen molar-refractivity contribution in [3.8, 4) is 5.75 Å². The molecule has 0 radical (unpaired) electrons. The first kappa shape index (κ1) is 43.3. The van der Waals surface area contributed by atoms with Gasteiger partial charge in [-0.15, -0.1) is 0 Å². The van der Waals surface area contributed by atoms with Crippen LogP contribution < -0.4 is 20.9 Å². The molecule has 1 saturated heterocycles. The quantitative estimate of drug-likeness (QED) is 0.0433. The molecule has 0 saturated carbocycles. The van der Waals surface area contributed by atoms with Crippen LogP contribution in [0.15, 0.2) is 83.7 Å². The summed E-state index contributed by atoms with van der Waals surface area (Å²) in [5, 5.41) is 25.5. The zero-order valence-electron chi connectivity index (χ0n) is 32.3. The Labute approximate surface area is 340 Å². The normalized spacial score (nSPS) is 13.2. The van der Waals surface area contributed by atoms with E-state index in [1.54, 1.807) is 35.2 Å². The lowest BCUT2D eigenvalue weighted by Gasteiger charge is -2.35. The first-order valence-corrected chi connectivity index (χ1v) is 19.3. The Hall–Kier alpha value is -6.27. The lowest BCUT2D eigenvalue weighted by Crippen LogP contribution is -2.52. The maximum Gasteiger partial charge on any atom is 0.419 e. The maximum absolute atomic E-state index is 14.9. The van der Waals surface area contributed by atoms with Crippen molar-refractivity contribution in [2.24, 2.45) is 0 Å². The zero-order valence-corrected chi connectivity index (χ0v) is 32.3. The minimum atomic E-state index is -4.87. The minimum Gasteiger partial charge on any atom is -0.489 e. The lowest BCUT2D eigenvalue weighted by atomic mass is 10.0. The van der Waals surface area contributed by atoms with Gasteiger partial charge in [-0.05, 0) is 73.5 Å². The fourth-order valence-corrected chi connectivity index (χ4v) is 6.88. The van der Waals surface area contributed by atoms with Gasteiger partial charge >= 0.3 is 6.18 Å². The largest absolute Gasteiger partial charge is 0.489 e. The molecule has 0 spiro atoms. The molecule has 0 atom stereocenters. The average Bonchev–Trinajstić information content (AvgIpc) is 3.24. The van der Waals surface area contributed by atoms with Gasteiger partial charge in [-0.3, -0.25) is 24.5 Å². The number of unbranched alkanes of at least 4 members (excludes halogenated alkanes) is 2. The number of ether oxygens (including phenoxy) is 1. The van der Waals surface area contributed by atoms with Crippen molar-refractivity contribution in [1.29, 1.82) is 0 Å². The molecule has 13 nitrogen and oxygen atoms in total.